The summed E-state index contributed by atoms with van der Waals surface area (Å²) in [5, 5.41) is 9.02. The van der Waals surface area contributed by atoms with Crippen LogP contribution < -0.4 is 4.90 Å². The maximum atomic E-state index is 11.0. The van der Waals surface area contributed by atoms with Crippen LogP contribution in [-0.2, 0) is 6.54 Å². The van der Waals surface area contributed by atoms with Gasteiger partial charge in [-0.3, -0.25) is 0 Å². The van der Waals surface area contributed by atoms with E-state index < -0.39 is 5.97 Å². The van der Waals surface area contributed by atoms with E-state index in [-0.39, 0.29) is 5.76 Å². The number of carboxylic acids is 1. The van der Waals surface area contributed by atoms with E-state index in [0.29, 0.717) is 17.9 Å². The highest BCUT2D eigenvalue weighted by Gasteiger charge is 2.16. The fraction of sp³-hybridized carbons (Fsp3) is 0.312. The summed E-state index contributed by atoms with van der Waals surface area (Å²) in [6, 6.07) is 9.93. The van der Waals surface area contributed by atoms with Gasteiger partial charge in [-0.05, 0) is 38.5 Å². The first-order chi connectivity index (χ1) is 9.52. The van der Waals surface area contributed by atoms with Crippen molar-refractivity contribution in [1.29, 1.82) is 0 Å². The van der Waals surface area contributed by atoms with Gasteiger partial charge >= 0.3 is 5.97 Å². The fourth-order valence-electron chi connectivity index (χ4n) is 2.31. The first kappa shape index (κ1) is 14.2. The lowest BCUT2D eigenvalue weighted by Crippen LogP contribution is -2.22. The smallest absolute Gasteiger partial charge is 0.372 e. The molecule has 0 radical (unpaired) electrons. The average Bonchev–Trinajstić information content (AvgIpc) is 2.78. The van der Waals surface area contributed by atoms with Gasteiger partial charge in [-0.1, -0.05) is 18.2 Å². The van der Waals surface area contributed by atoms with Crippen molar-refractivity contribution >= 4 is 11.7 Å². The van der Waals surface area contributed by atoms with E-state index in [9.17, 15) is 4.79 Å². The Hall–Kier alpha value is -2.23. The number of furan rings is 1. The normalized spacial score (nSPS) is 10.6. The highest BCUT2D eigenvalue weighted by Crippen LogP contribution is 2.23. The van der Waals surface area contributed by atoms with Gasteiger partial charge in [0.25, 0.3) is 0 Å². The lowest BCUT2D eigenvalue weighted by Gasteiger charge is -2.23. The third-order valence-corrected chi connectivity index (χ3v) is 3.35. The second-order valence-corrected chi connectivity index (χ2v) is 4.83. The first-order valence-electron chi connectivity index (χ1n) is 6.66. The van der Waals surface area contributed by atoms with Crippen molar-refractivity contribution in [1.82, 2.24) is 0 Å². The molecule has 20 heavy (non-hydrogen) atoms. The number of carboxylic acid groups (broad SMARTS) is 1. The summed E-state index contributed by atoms with van der Waals surface area (Å²) in [6.07, 6.45) is 0. The molecule has 0 aliphatic carbocycles. The lowest BCUT2D eigenvalue weighted by atomic mass is 10.1. The highest BCUT2D eigenvalue weighted by atomic mass is 16.4. The maximum absolute atomic E-state index is 11.0. The molecule has 0 unspecified atom stereocenters. The van der Waals surface area contributed by atoms with Crippen molar-refractivity contribution in [3.05, 3.63) is 53.0 Å². The Morgan fingerprint density at radius 1 is 1.25 bits per heavy atom. The van der Waals surface area contributed by atoms with Crippen LogP contribution in [0.15, 0.2) is 34.7 Å². The van der Waals surface area contributed by atoms with Gasteiger partial charge < -0.3 is 14.4 Å². The lowest BCUT2D eigenvalue weighted by molar-refractivity contribution is 0.0659. The van der Waals surface area contributed by atoms with Gasteiger partial charge in [0.1, 0.15) is 5.76 Å². The zero-order valence-corrected chi connectivity index (χ0v) is 12.0. The molecule has 0 saturated carbocycles. The Balaban J connectivity index is 2.25. The summed E-state index contributed by atoms with van der Waals surface area (Å²) >= 11 is 0. The molecule has 4 heteroatoms. The van der Waals surface area contributed by atoms with Crippen molar-refractivity contribution in [3.8, 4) is 0 Å². The topological polar surface area (TPSA) is 53.7 Å². The molecule has 1 heterocycles. The molecular formula is C16H19NO3. The van der Waals surface area contributed by atoms with Gasteiger partial charge in [0, 0.05) is 17.8 Å². The number of benzene rings is 1. The molecule has 0 fully saturated rings. The average molecular weight is 273 g/mol. The number of carbonyl (C=O) groups is 1. The van der Waals surface area contributed by atoms with Gasteiger partial charge in [-0.2, -0.15) is 0 Å². The molecule has 1 aromatic heterocycles. The fourth-order valence-corrected chi connectivity index (χ4v) is 2.31. The third kappa shape index (κ3) is 2.85. The molecule has 0 spiro atoms. The molecule has 2 rings (SSSR count). The van der Waals surface area contributed by atoms with E-state index in [1.54, 1.807) is 13.0 Å². The zero-order chi connectivity index (χ0) is 14.7. The summed E-state index contributed by atoms with van der Waals surface area (Å²) in [5.74, 6) is -0.321. The van der Waals surface area contributed by atoms with Gasteiger partial charge in [0.05, 0.1) is 6.54 Å². The minimum atomic E-state index is -1.02. The van der Waals surface area contributed by atoms with Gasteiger partial charge in [0.2, 0.25) is 5.76 Å². The number of nitrogens with zero attached hydrogens (tertiary/aromatic N) is 1. The summed E-state index contributed by atoms with van der Waals surface area (Å²) in [6.45, 7) is 7.28. The molecule has 0 saturated heterocycles. The second kappa shape index (κ2) is 5.82. The Bertz CT molecular complexity index is 616. The molecule has 4 nitrogen and oxygen atoms in total. The summed E-state index contributed by atoms with van der Waals surface area (Å²) in [7, 11) is 0. The monoisotopic (exact) mass is 273 g/mol. The van der Waals surface area contributed by atoms with Crippen LogP contribution in [0.3, 0.4) is 0 Å². The number of rotatable bonds is 5. The first-order valence-corrected chi connectivity index (χ1v) is 6.66. The molecule has 106 valence electrons. The number of anilines is 1. The quantitative estimate of drug-likeness (QED) is 0.904. The van der Waals surface area contributed by atoms with Crippen LogP contribution in [0.25, 0.3) is 0 Å². The maximum Gasteiger partial charge on any atom is 0.372 e. The largest absolute Gasteiger partial charge is 0.475 e. The number of aryl methyl sites for hydroxylation is 2. The molecule has 1 aromatic carbocycles. The molecule has 0 amide bonds. The van der Waals surface area contributed by atoms with Crippen LogP contribution >= 0.6 is 0 Å². The van der Waals surface area contributed by atoms with E-state index in [1.165, 1.54) is 5.56 Å². The van der Waals surface area contributed by atoms with E-state index in [4.69, 9.17) is 9.52 Å². The van der Waals surface area contributed by atoms with Crippen molar-refractivity contribution in [2.75, 3.05) is 11.4 Å². The Morgan fingerprint density at radius 3 is 2.50 bits per heavy atom. The molecule has 1 N–H and O–H groups in total. The van der Waals surface area contributed by atoms with Crippen LogP contribution in [0.2, 0.25) is 0 Å². The van der Waals surface area contributed by atoms with Crippen LogP contribution in [0.4, 0.5) is 5.69 Å². The number of para-hydroxylation sites is 1. The van der Waals surface area contributed by atoms with Crippen LogP contribution in [0, 0.1) is 13.8 Å². The van der Waals surface area contributed by atoms with Gasteiger partial charge in [0.15, 0.2) is 0 Å². The predicted octanol–water partition coefficient (Wildman–Crippen LogP) is 3.62. The Kier molecular flexibility index (Phi) is 4.13. The van der Waals surface area contributed by atoms with Crippen LogP contribution in [0.1, 0.15) is 34.4 Å². The SMILES string of the molecule is CCN(Cc1cc(C)c(C(=O)O)o1)c1ccccc1C. The summed E-state index contributed by atoms with van der Waals surface area (Å²) in [4.78, 5) is 13.2. The van der Waals surface area contributed by atoms with Crippen molar-refractivity contribution < 1.29 is 14.3 Å². The molecule has 0 bridgehead atoms. The minimum absolute atomic E-state index is 0.0286. The van der Waals surface area contributed by atoms with Crippen LogP contribution in [0.5, 0.6) is 0 Å². The molecular weight excluding hydrogens is 254 g/mol. The van der Waals surface area contributed by atoms with Crippen LogP contribution in [-0.4, -0.2) is 17.6 Å². The van der Waals surface area contributed by atoms with Crippen molar-refractivity contribution in [2.45, 2.75) is 27.3 Å². The number of hydrogen-bond acceptors (Lipinski definition) is 3. The van der Waals surface area contributed by atoms with Gasteiger partial charge in [-0.15, -0.1) is 0 Å². The standard InChI is InChI=1S/C16H19NO3/c1-4-17(14-8-6-5-7-11(14)2)10-13-9-12(3)15(20-13)16(18)19/h5-9H,4,10H2,1-3H3,(H,18,19). The molecule has 2 aromatic rings. The van der Waals surface area contributed by atoms with E-state index >= 15 is 0 Å². The summed E-state index contributed by atoms with van der Waals surface area (Å²) < 4.78 is 5.43. The van der Waals surface area contributed by atoms with E-state index in [0.717, 1.165) is 12.2 Å². The molecule has 0 atom stereocenters. The zero-order valence-electron chi connectivity index (χ0n) is 12.0. The highest BCUT2D eigenvalue weighted by molar-refractivity contribution is 5.86. The minimum Gasteiger partial charge on any atom is -0.475 e. The molecule has 0 aliphatic rings. The Labute approximate surface area is 118 Å². The van der Waals surface area contributed by atoms with Crippen molar-refractivity contribution in [3.63, 3.8) is 0 Å². The predicted molar refractivity (Wildman–Crippen MR) is 78.3 cm³/mol. The van der Waals surface area contributed by atoms with Crippen molar-refractivity contribution in [2.24, 2.45) is 0 Å². The van der Waals surface area contributed by atoms with E-state index in [2.05, 4.69) is 30.9 Å². The number of hydrogen-bond donors (Lipinski definition) is 1. The van der Waals surface area contributed by atoms with E-state index in [1.807, 2.05) is 12.1 Å². The summed E-state index contributed by atoms with van der Waals surface area (Å²) in [5.41, 5.74) is 2.99. The third-order valence-electron chi connectivity index (χ3n) is 3.35. The number of aromatic carboxylic acids is 1. The molecule has 0 aliphatic heterocycles. The Morgan fingerprint density at radius 2 is 1.95 bits per heavy atom. The second-order valence-electron chi connectivity index (χ2n) is 4.83. The van der Waals surface area contributed by atoms with Gasteiger partial charge in [-0.25, -0.2) is 4.79 Å².